The van der Waals surface area contributed by atoms with Crippen LogP contribution in [-0.4, -0.2) is 50.7 Å². The van der Waals surface area contributed by atoms with E-state index in [1.54, 1.807) is 27.0 Å². The second-order valence-electron chi connectivity index (χ2n) is 10.5. The van der Waals surface area contributed by atoms with Gasteiger partial charge in [0.05, 0.1) is 28.5 Å². The third kappa shape index (κ3) is 5.68. The third-order valence-corrected chi connectivity index (χ3v) is 7.45. The van der Waals surface area contributed by atoms with Crippen molar-refractivity contribution >= 4 is 16.8 Å². The van der Waals surface area contributed by atoms with Gasteiger partial charge in [0.25, 0.3) is 0 Å². The highest BCUT2D eigenvalue weighted by molar-refractivity contribution is 5.93. The molecular weight excluding hydrogens is 495 g/mol. The Morgan fingerprint density at radius 2 is 1.87 bits per heavy atom. The van der Waals surface area contributed by atoms with Crippen molar-refractivity contribution in [2.45, 2.75) is 70.8 Å². The summed E-state index contributed by atoms with van der Waals surface area (Å²) in [4.78, 5) is 23.4. The average Bonchev–Trinajstić information content (AvgIpc) is 2.86. The van der Waals surface area contributed by atoms with Gasteiger partial charge in [-0.25, -0.2) is 9.97 Å². The molecule has 1 fully saturated rings. The van der Waals surface area contributed by atoms with Gasteiger partial charge in [-0.2, -0.15) is 13.2 Å². The van der Waals surface area contributed by atoms with Crippen LogP contribution < -0.4 is 0 Å². The quantitative estimate of drug-likeness (QED) is 0.446. The van der Waals surface area contributed by atoms with E-state index in [2.05, 4.69) is 9.97 Å². The predicted octanol–water partition coefficient (Wildman–Crippen LogP) is 5.40. The van der Waals surface area contributed by atoms with Crippen LogP contribution in [0.1, 0.15) is 62.0 Å². The van der Waals surface area contributed by atoms with E-state index in [0.29, 0.717) is 65.7 Å². The first-order chi connectivity index (χ1) is 17.8. The number of hydrogen-bond acceptors (Lipinski definition) is 5. The smallest absolute Gasteiger partial charge is 0.392 e. The Labute approximate surface area is 220 Å². The number of benzene rings is 2. The molecule has 0 radical (unpaired) electrons. The summed E-state index contributed by atoms with van der Waals surface area (Å²) in [5.41, 5.74) is 0.989. The topological polar surface area (TPSA) is 86.6 Å². The molecular formula is C29H34F3N3O3. The Balaban J connectivity index is 1.73. The maximum absolute atomic E-state index is 13.4. The lowest BCUT2D eigenvalue weighted by molar-refractivity contribution is -0.139. The summed E-state index contributed by atoms with van der Waals surface area (Å²) in [5, 5.41) is 22.0. The molecule has 1 aliphatic carbocycles. The molecule has 1 amide bonds. The van der Waals surface area contributed by atoms with Gasteiger partial charge in [0, 0.05) is 30.5 Å². The summed E-state index contributed by atoms with van der Waals surface area (Å²) < 4.78 is 40.3. The molecule has 3 aromatic rings. The van der Waals surface area contributed by atoms with Crippen molar-refractivity contribution in [2.75, 3.05) is 13.6 Å². The summed E-state index contributed by atoms with van der Waals surface area (Å²) in [6, 6.07) is 8.79. The Bertz CT molecular complexity index is 1330. The fourth-order valence-corrected chi connectivity index (χ4v) is 5.53. The molecule has 1 aliphatic rings. The van der Waals surface area contributed by atoms with Crippen LogP contribution in [0.15, 0.2) is 36.4 Å². The normalized spacial score (nSPS) is 20.9. The largest absolute Gasteiger partial charge is 0.416 e. The van der Waals surface area contributed by atoms with Gasteiger partial charge in [0.1, 0.15) is 5.82 Å². The Morgan fingerprint density at radius 1 is 1.18 bits per heavy atom. The highest BCUT2D eigenvalue weighted by atomic mass is 19.4. The SMILES string of the molecule is CCc1cc2nc(C)nc(-c3cccc(C(F)(F)F)c3)c2cc1C1(O)CCC(C(=O)N(C)CC(C)O)CC1. The summed E-state index contributed by atoms with van der Waals surface area (Å²) in [7, 11) is 1.67. The van der Waals surface area contributed by atoms with E-state index in [9.17, 15) is 28.2 Å². The molecule has 2 aromatic carbocycles. The van der Waals surface area contributed by atoms with E-state index >= 15 is 0 Å². The molecule has 1 heterocycles. The van der Waals surface area contributed by atoms with E-state index in [1.165, 1.54) is 11.0 Å². The molecule has 1 saturated carbocycles. The molecule has 38 heavy (non-hydrogen) atoms. The highest BCUT2D eigenvalue weighted by Crippen LogP contribution is 2.43. The number of aliphatic hydroxyl groups excluding tert-OH is 1. The fourth-order valence-electron chi connectivity index (χ4n) is 5.53. The fraction of sp³-hybridized carbons (Fsp3) is 0.483. The van der Waals surface area contributed by atoms with Gasteiger partial charge in [-0.1, -0.05) is 19.1 Å². The lowest BCUT2D eigenvalue weighted by Crippen LogP contribution is -2.41. The number of aromatic nitrogens is 2. The van der Waals surface area contributed by atoms with Gasteiger partial charge >= 0.3 is 6.18 Å². The Morgan fingerprint density at radius 3 is 2.47 bits per heavy atom. The van der Waals surface area contributed by atoms with Crippen LogP contribution in [0, 0.1) is 12.8 Å². The number of likely N-dealkylation sites (N-methyl/N-ethyl adjacent to an activating group) is 1. The molecule has 0 aliphatic heterocycles. The number of fused-ring (bicyclic) bond motifs is 1. The van der Waals surface area contributed by atoms with Crippen molar-refractivity contribution in [3.63, 3.8) is 0 Å². The molecule has 0 saturated heterocycles. The number of carbonyl (C=O) groups is 1. The number of hydrogen-bond donors (Lipinski definition) is 2. The van der Waals surface area contributed by atoms with Crippen molar-refractivity contribution < 1.29 is 28.2 Å². The minimum atomic E-state index is -4.48. The van der Waals surface area contributed by atoms with Crippen LogP contribution in [0.25, 0.3) is 22.2 Å². The number of aryl methyl sites for hydroxylation is 2. The van der Waals surface area contributed by atoms with Gasteiger partial charge < -0.3 is 15.1 Å². The molecule has 4 rings (SSSR count). The van der Waals surface area contributed by atoms with Gasteiger partial charge in [-0.3, -0.25) is 4.79 Å². The zero-order chi connectivity index (χ0) is 27.8. The maximum atomic E-state index is 13.4. The molecule has 1 aromatic heterocycles. The lowest BCUT2D eigenvalue weighted by atomic mass is 9.73. The van der Waals surface area contributed by atoms with Crippen molar-refractivity contribution in [1.82, 2.24) is 14.9 Å². The van der Waals surface area contributed by atoms with Crippen LogP contribution in [-0.2, 0) is 23.0 Å². The van der Waals surface area contributed by atoms with Crippen LogP contribution in [0.5, 0.6) is 0 Å². The van der Waals surface area contributed by atoms with E-state index < -0.39 is 23.4 Å². The second kappa shape index (κ2) is 10.6. The summed E-state index contributed by atoms with van der Waals surface area (Å²) in [6.07, 6.45) is -2.74. The van der Waals surface area contributed by atoms with Gasteiger partial charge in [-0.05, 0) is 81.3 Å². The number of alkyl halides is 3. The summed E-state index contributed by atoms with van der Waals surface area (Å²) >= 11 is 0. The van der Waals surface area contributed by atoms with Gasteiger partial charge in [0.2, 0.25) is 5.91 Å². The number of aliphatic hydroxyl groups is 2. The number of rotatable bonds is 6. The van der Waals surface area contributed by atoms with E-state index in [1.807, 2.05) is 19.1 Å². The molecule has 204 valence electrons. The first-order valence-electron chi connectivity index (χ1n) is 13.0. The van der Waals surface area contributed by atoms with Crippen LogP contribution >= 0.6 is 0 Å². The zero-order valence-corrected chi connectivity index (χ0v) is 22.1. The van der Waals surface area contributed by atoms with E-state index in [0.717, 1.165) is 17.7 Å². The molecule has 9 heteroatoms. The van der Waals surface area contributed by atoms with Gasteiger partial charge in [-0.15, -0.1) is 0 Å². The Kier molecular flexibility index (Phi) is 7.81. The predicted molar refractivity (Wildman–Crippen MR) is 139 cm³/mol. The third-order valence-electron chi connectivity index (χ3n) is 7.45. The molecule has 6 nitrogen and oxygen atoms in total. The molecule has 0 bridgehead atoms. The monoisotopic (exact) mass is 529 g/mol. The van der Waals surface area contributed by atoms with Gasteiger partial charge in [0.15, 0.2) is 0 Å². The van der Waals surface area contributed by atoms with Crippen molar-refractivity contribution in [3.8, 4) is 11.3 Å². The standard InChI is InChI=1S/C29H34F3N3O3/c1-5-19-14-25-23(26(34-18(3)33-25)21-7-6-8-22(13-21)29(30,31)32)15-24(19)28(38)11-9-20(10-12-28)27(37)35(4)16-17(2)36/h6-8,13-15,17,20,36,38H,5,9-12,16H2,1-4H3. The minimum Gasteiger partial charge on any atom is -0.392 e. The number of amides is 1. The minimum absolute atomic E-state index is 0.0436. The first kappa shape index (κ1) is 28.0. The van der Waals surface area contributed by atoms with E-state index in [4.69, 9.17) is 0 Å². The molecule has 1 atom stereocenters. The first-order valence-corrected chi connectivity index (χ1v) is 13.0. The van der Waals surface area contributed by atoms with Crippen LogP contribution in [0.4, 0.5) is 13.2 Å². The highest BCUT2D eigenvalue weighted by Gasteiger charge is 2.39. The zero-order valence-electron chi connectivity index (χ0n) is 22.1. The second-order valence-corrected chi connectivity index (χ2v) is 10.5. The number of nitrogens with zero attached hydrogens (tertiary/aromatic N) is 3. The number of carbonyl (C=O) groups excluding carboxylic acids is 1. The van der Waals surface area contributed by atoms with Crippen molar-refractivity contribution in [2.24, 2.45) is 5.92 Å². The average molecular weight is 530 g/mol. The summed E-state index contributed by atoms with van der Waals surface area (Å²) in [5.74, 6) is 0.160. The number of halogens is 3. The van der Waals surface area contributed by atoms with Crippen molar-refractivity contribution in [1.29, 1.82) is 0 Å². The van der Waals surface area contributed by atoms with Crippen LogP contribution in [0.2, 0.25) is 0 Å². The van der Waals surface area contributed by atoms with Crippen molar-refractivity contribution in [3.05, 3.63) is 58.9 Å². The van der Waals surface area contributed by atoms with Crippen LogP contribution in [0.3, 0.4) is 0 Å². The summed E-state index contributed by atoms with van der Waals surface area (Å²) in [6.45, 7) is 5.57. The van der Waals surface area contributed by atoms with E-state index in [-0.39, 0.29) is 18.4 Å². The molecule has 2 N–H and O–H groups in total. The lowest BCUT2D eigenvalue weighted by Gasteiger charge is -2.38. The molecule has 0 spiro atoms. The Hall–Kier alpha value is -3.04. The maximum Gasteiger partial charge on any atom is 0.416 e. The molecule has 1 unspecified atom stereocenters.